The van der Waals surface area contributed by atoms with Gasteiger partial charge in [0, 0.05) is 25.0 Å². The van der Waals surface area contributed by atoms with Crippen molar-refractivity contribution in [2.75, 3.05) is 13.2 Å². The predicted octanol–water partition coefficient (Wildman–Crippen LogP) is 3.78. The van der Waals surface area contributed by atoms with Gasteiger partial charge in [0.25, 0.3) is 0 Å². The Hall–Kier alpha value is -1.56. The van der Waals surface area contributed by atoms with Gasteiger partial charge in [-0.2, -0.15) is 8.78 Å². The first-order valence-electron chi connectivity index (χ1n) is 7.81. The molecular weight excluding hydrogens is 310 g/mol. The van der Waals surface area contributed by atoms with Gasteiger partial charge in [-0.3, -0.25) is 8.74 Å². The molecule has 0 radical (unpaired) electrons. The normalized spacial score (nSPS) is 17.6. The second-order valence-corrected chi connectivity index (χ2v) is 7.11. The van der Waals surface area contributed by atoms with E-state index in [4.69, 9.17) is 8.74 Å². The zero-order valence-electron chi connectivity index (χ0n) is 13.7. The average Bonchev–Trinajstić information content (AvgIpc) is 2.71. The lowest BCUT2D eigenvalue weighted by Crippen LogP contribution is -2.27. The summed E-state index contributed by atoms with van der Waals surface area (Å²) in [6.45, 7) is 7.73. The fourth-order valence-corrected chi connectivity index (χ4v) is 3.74. The van der Waals surface area contributed by atoms with Crippen LogP contribution in [0.4, 0.5) is 5.69 Å². The molecule has 0 aliphatic carbocycles. The van der Waals surface area contributed by atoms with E-state index in [9.17, 15) is 4.21 Å². The van der Waals surface area contributed by atoms with E-state index in [1.54, 1.807) is 0 Å². The van der Waals surface area contributed by atoms with Gasteiger partial charge in [-0.25, -0.2) is 0 Å². The van der Waals surface area contributed by atoms with Gasteiger partial charge in [0.1, 0.15) is 0 Å². The fourth-order valence-electron chi connectivity index (χ4n) is 3.48. The maximum absolute atomic E-state index is 10.6. The third kappa shape index (κ3) is 2.84. The van der Waals surface area contributed by atoms with Crippen LogP contribution in [-0.4, -0.2) is 32.2 Å². The molecule has 4 nitrogen and oxygen atoms in total. The highest BCUT2D eigenvalue weighted by Gasteiger charge is 2.43. The molecule has 1 N–H and O–H groups in total. The van der Waals surface area contributed by atoms with E-state index in [-0.39, 0.29) is 12.0 Å². The summed E-state index contributed by atoms with van der Waals surface area (Å²) >= 11 is -2.18. The molecule has 0 saturated heterocycles. The van der Waals surface area contributed by atoms with Gasteiger partial charge < -0.3 is 0 Å². The highest BCUT2D eigenvalue weighted by atomic mass is 32.2. The SMILES string of the molecule is CC1=[N+](CCCOS(=O)O)c2ccc3ccccc3c2C1(C)C. The van der Waals surface area contributed by atoms with Crippen molar-refractivity contribution < 1.29 is 17.5 Å². The molecule has 0 fully saturated rings. The minimum atomic E-state index is -2.18. The van der Waals surface area contributed by atoms with Crippen molar-refractivity contribution in [3.63, 3.8) is 0 Å². The zero-order valence-corrected chi connectivity index (χ0v) is 14.5. The maximum atomic E-state index is 10.6. The Morgan fingerprint density at radius 2 is 1.96 bits per heavy atom. The van der Waals surface area contributed by atoms with Gasteiger partial charge in [0.15, 0.2) is 12.3 Å². The average molecular weight is 332 g/mol. The first-order valence-corrected chi connectivity index (χ1v) is 8.84. The molecule has 0 saturated carbocycles. The van der Waals surface area contributed by atoms with Crippen LogP contribution >= 0.6 is 0 Å². The molecule has 3 rings (SSSR count). The first-order chi connectivity index (χ1) is 10.9. The van der Waals surface area contributed by atoms with Crippen LogP contribution in [0.5, 0.6) is 0 Å². The Kier molecular flexibility index (Phi) is 4.36. The van der Waals surface area contributed by atoms with Crippen LogP contribution in [0.2, 0.25) is 0 Å². The molecule has 0 spiro atoms. The third-order valence-corrected chi connectivity index (χ3v) is 5.21. The topological polar surface area (TPSA) is 49.5 Å². The summed E-state index contributed by atoms with van der Waals surface area (Å²) in [6.07, 6.45) is 0.700. The van der Waals surface area contributed by atoms with Crippen molar-refractivity contribution in [2.45, 2.75) is 32.6 Å². The van der Waals surface area contributed by atoms with Crippen molar-refractivity contribution in [2.24, 2.45) is 0 Å². The molecule has 1 atom stereocenters. The predicted molar refractivity (Wildman–Crippen MR) is 93.8 cm³/mol. The molecule has 122 valence electrons. The molecule has 1 unspecified atom stereocenters. The molecule has 1 heterocycles. The van der Waals surface area contributed by atoms with Crippen LogP contribution in [0.1, 0.15) is 32.8 Å². The van der Waals surface area contributed by atoms with Crippen molar-refractivity contribution in [1.29, 1.82) is 0 Å². The van der Waals surface area contributed by atoms with Gasteiger partial charge in [-0.15, -0.1) is 0 Å². The number of hydrogen-bond donors (Lipinski definition) is 1. The standard InChI is InChI=1S/C18H21NO3S/c1-13-18(2,3)17-15-8-5-4-7-14(15)9-10-16(17)19(13)11-6-12-22-23(20)21/h4-5,7-10H,6,11-12H2,1-3H3/p+1. The third-order valence-electron chi connectivity index (χ3n) is 4.84. The van der Waals surface area contributed by atoms with E-state index in [1.807, 2.05) is 0 Å². The summed E-state index contributed by atoms with van der Waals surface area (Å²) in [6, 6.07) is 12.8. The highest BCUT2D eigenvalue weighted by molar-refractivity contribution is 7.74. The maximum Gasteiger partial charge on any atom is 0.301 e. The lowest BCUT2D eigenvalue weighted by molar-refractivity contribution is -0.439. The summed E-state index contributed by atoms with van der Waals surface area (Å²) < 4.78 is 26.3. The van der Waals surface area contributed by atoms with Crippen LogP contribution in [-0.2, 0) is 21.0 Å². The van der Waals surface area contributed by atoms with Gasteiger partial charge in [-0.1, -0.05) is 24.3 Å². The largest absolute Gasteiger partial charge is 0.301 e. The van der Waals surface area contributed by atoms with Crippen molar-refractivity contribution in [1.82, 2.24) is 0 Å². The summed E-state index contributed by atoms with van der Waals surface area (Å²) in [4.78, 5) is 0. The van der Waals surface area contributed by atoms with E-state index in [0.29, 0.717) is 6.42 Å². The Morgan fingerprint density at radius 1 is 1.22 bits per heavy atom. The Bertz CT molecular complexity index is 811. The summed E-state index contributed by atoms with van der Waals surface area (Å²) in [5.41, 5.74) is 3.86. The lowest BCUT2D eigenvalue weighted by atomic mass is 9.80. The van der Waals surface area contributed by atoms with Crippen molar-refractivity contribution >= 4 is 33.5 Å². The van der Waals surface area contributed by atoms with Crippen LogP contribution in [0.15, 0.2) is 36.4 Å². The number of nitrogens with zero attached hydrogens (tertiary/aromatic N) is 1. The van der Waals surface area contributed by atoms with Gasteiger partial charge in [-0.05, 0) is 30.7 Å². The van der Waals surface area contributed by atoms with E-state index < -0.39 is 11.4 Å². The zero-order chi connectivity index (χ0) is 16.6. The lowest BCUT2D eigenvalue weighted by Gasteiger charge is -2.17. The minimum absolute atomic E-state index is 0.0309. The van der Waals surface area contributed by atoms with Gasteiger partial charge in [0.05, 0.1) is 12.0 Å². The molecule has 0 bridgehead atoms. The molecule has 23 heavy (non-hydrogen) atoms. The second kappa shape index (κ2) is 6.15. The van der Waals surface area contributed by atoms with Gasteiger partial charge >= 0.3 is 11.4 Å². The minimum Gasteiger partial charge on any atom is -0.284 e. The number of benzene rings is 2. The Balaban J connectivity index is 1.98. The molecule has 1 aliphatic rings. The first kappa shape index (κ1) is 16.3. The summed E-state index contributed by atoms with van der Waals surface area (Å²) in [7, 11) is 0. The van der Waals surface area contributed by atoms with E-state index in [0.717, 1.165) is 6.54 Å². The highest BCUT2D eigenvalue weighted by Crippen LogP contribution is 2.43. The van der Waals surface area contributed by atoms with Gasteiger partial charge in [0.2, 0.25) is 5.69 Å². The van der Waals surface area contributed by atoms with Crippen molar-refractivity contribution in [3.05, 3.63) is 42.0 Å². The second-order valence-electron chi connectivity index (χ2n) is 6.44. The van der Waals surface area contributed by atoms with Crippen LogP contribution < -0.4 is 0 Å². The molecule has 2 aromatic carbocycles. The number of hydrogen-bond acceptors (Lipinski definition) is 2. The van der Waals surface area contributed by atoms with E-state index in [1.165, 1.54) is 27.7 Å². The molecule has 1 aliphatic heterocycles. The molecule has 0 amide bonds. The summed E-state index contributed by atoms with van der Waals surface area (Å²) in [5.74, 6) is 0. The fraction of sp³-hybridized carbons (Fsp3) is 0.389. The van der Waals surface area contributed by atoms with E-state index >= 15 is 0 Å². The number of fused-ring (bicyclic) bond motifs is 3. The molecule has 2 aromatic rings. The van der Waals surface area contributed by atoms with Crippen LogP contribution in [0.3, 0.4) is 0 Å². The Labute approximate surface area is 139 Å². The monoisotopic (exact) mass is 332 g/mol. The van der Waals surface area contributed by atoms with Crippen molar-refractivity contribution in [3.8, 4) is 0 Å². The quantitative estimate of drug-likeness (QED) is 0.515. The summed E-state index contributed by atoms with van der Waals surface area (Å²) in [5, 5.41) is 2.55. The molecular formula is C18H22NO3S+. The number of rotatable bonds is 5. The molecule has 0 aromatic heterocycles. The molecule has 5 heteroatoms. The van der Waals surface area contributed by atoms with Crippen LogP contribution in [0, 0.1) is 0 Å². The van der Waals surface area contributed by atoms with Crippen LogP contribution in [0.25, 0.3) is 10.8 Å². The van der Waals surface area contributed by atoms with E-state index in [2.05, 4.69) is 61.7 Å². The Morgan fingerprint density at radius 3 is 2.70 bits per heavy atom. The smallest absolute Gasteiger partial charge is 0.284 e.